The molecule has 0 radical (unpaired) electrons. The van der Waals surface area contributed by atoms with Crippen LogP contribution in [0.4, 0.5) is 5.82 Å². The van der Waals surface area contributed by atoms with Crippen LogP contribution < -0.4 is 11.1 Å². The number of anilines is 1. The van der Waals surface area contributed by atoms with Crippen LogP contribution in [0.25, 0.3) is 0 Å². The van der Waals surface area contributed by atoms with Crippen LogP contribution >= 0.6 is 0 Å². The molecule has 6 nitrogen and oxygen atoms in total. The fourth-order valence-electron chi connectivity index (χ4n) is 1.13. The molecule has 0 spiro atoms. The summed E-state index contributed by atoms with van der Waals surface area (Å²) in [5.41, 5.74) is 5.41. The lowest BCUT2D eigenvalue weighted by Gasteiger charge is -2.04. The van der Waals surface area contributed by atoms with Crippen molar-refractivity contribution in [1.82, 2.24) is 14.9 Å². The highest BCUT2D eigenvalue weighted by Gasteiger charge is 2.02. The van der Waals surface area contributed by atoms with Gasteiger partial charge in [0.1, 0.15) is 12.4 Å². The molecule has 0 saturated carbocycles. The topological polar surface area (TPSA) is 82.2 Å². The molecule has 84 valence electrons. The number of ether oxygens (including phenoxy) is 1. The molecule has 0 atom stereocenters. The maximum Gasteiger partial charge on any atom is 0.239 e. The van der Waals surface area contributed by atoms with Crippen LogP contribution in [0.1, 0.15) is 6.42 Å². The first-order chi connectivity index (χ1) is 7.22. The van der Waals surface area contributed by atoms with E-state index in [-0.39, 0.29) is 12.5 Å². The Morgan fingerprint density at radius 3 is 3.13 bits per heavy atom. The summed E-state index contributed by atoms with van der Waals surface area (Å²) in [6.07, 6.45) is 3.97. The van der Waals surface area contributed by atoms with Gasteiger partial charge in [0.05, 0.1) is 6.33 Å². The van der Waals surface area contributed by atoms with Gasteiger partial charge in [-0.15, -0.1) is 0 Å². The molecule has 0 aromatic carbocycles. The highest BCUT2D eigenvalue weighted by Crippen LogP contribution is 1.95. The highest BCUT2D eigenvalue weighted by molar-refractivity contribution is 5.75. The van der Waals surface area contributed by atoms with Gasteiger partial charge < -0.3 is 20.4 Å². The van der Waals surface area contributed by atoms with Crippen LogP contribution in [-0.2, 0) is 16.1 Å². The number of rotatable bonds is 6. The quantitative estimate of drug-likeness (QED) is 0.630. The Morgan fingerprint density at radius 2 is 2.53 bits per heavy atom. The smallest absolute Gasteiger partial charge is 0.239 e. The number of amides is 1. The van der Waals surface area contributed by atoms with Crippen molar-refractivity contribution in [2.45, 2.75) is 13.0 Å². The number of hydrogen-bond donors (Lipinski definition) is 2. The third-order valence-electron chi connectivity index (χ3n) is 1.83. The van der Waals surface area contributed by atoms with Crippen LogP contribution in [0, 0.1) is 0 Å². The lowest BCUT2D eigenvalue weighted by Crippen LogP contribution is -2.28. The molecule has 3 N–H and O–H groups in total. The van der Waals surface area contributed by atoms with Gasteiger partial charge in [-0.3, -0.25) is 4.79 Å². The van der Waals surface area contributed by atoms with E-state index in [1.165, 1.54) is 6.33 Å². The minimum absolute atomic E-state index is 0.0523. The van der Waals surface area contributed by atoms with Gasteiger partial charge in [-0.25, -0.2) is 4.98 Å². The van der Waals surface area contributed by atoms with Crippen LogP contribution in [0.5, 0.6) is 0 Å². The van der Waals surface area contributed by atoms with Crippen molar-refractivity contribution < 1.29 is 9.53 Å². The van der Waals surface area contributed by atoms with Crippen molar-refractivity contribution in [3.63, 3.8) is 0 Å². The van der Waals surface area contributed by atoms with Crippen molar-refractivity contribution in [2.24, 2.45) is 0 Å². The van der Waals surface area contributed by atoms with Crippen molar-refractivity contribution >= 4 is 11.7 Å². The summed E-state index contributed by atoms with van der Waals surface area (Å²) in [5, 5.41) is 2.77. The number of aromatic nitrogens is 2. The molecule has 0 aliphatic rings. The van der Waals surface area contributed by atoms with Crippen LogP contribution in [0.3, 0.4) is 0 Å². The summed E-state index contributed by atoms with van der Waals surface area (Å²) < 4.78 is 6.50. The van der Waals surface area contributed by atoms with Gasteiger partial charge in [-0.1, -0.05) is 0 Å². The van der Waals surface area contributed by atoms with E-state index >= 15 is 0 Å². The largest absolute Gasteiger partial charge is 0.385 e. The molecule has 1 aromatic rings. The molecule has 0 aliphatic carbocycles. The molecule has 0 saturated heterocycles. The Kier molecular flexibility index (Phi) is 4.62. The molecular formula is C9H16N4O2. The minimum Gasteiger partial charge on any atom is -0.385 e. The fraction of sp³-hybridized carbons (Fsp3) is 0.556. The molecule has 1 heterocycles. The second kappa shape index (κ2) is 6.02. The lowest BCUT2D eigenvalue weighted by atomic mass is 10.4. The second-order valence-electron chi connectivity index (χ2n) is 3.17. The third kappa shape index (κ3) is 4.46. The first-order valence-corrected chi connectivity index (χ1v) is 4.75. The number of imidazole rings is 1. The number of methoxy groups -OCH3 is 1. The van der Waals surface area contributed by atoms with Gasteiger partial charge in [-0.2, -0.15) is 0 Å². The molecule has 15 heavy (non-hydrogen) atoms. The van der Waals surface area contributed by atoms with Crippen LogP contribution in [0.15, 0.2) is 12.5 Å². The molecule has 0 bridgehead atoms. The zero-order chi connectivity index (χ0) is 11.1. The van der Waals surface area contributed by atoms with E-state index in [4.69, 9.17) is 10.5 Å². The SMILES string of the molecule is COCCCNC(=O)Cn1cnc(N)c1. The summed E-state index contributed by atoms with van der Waals surface area (Å²) in [5.74, 6) is 0.366. The average molecular weight is 212 g/mol. The standard InChI is InChI=1S/C9H16N4O2/c1-15-4-2-3-11-9(14)6-13-5-8(10)12-7-13/h5,7H,2-4,6,10H2,1H3,(H,11,14). The number of nitrogen functional groups attached to an aromatic ring is 1. The van der Waals surface area contributed by atoms with E-state index in [0.29, 0.717) is 19.0 Å². The first-order valence-electron chi connectivity index (χ1n) is 4.75. The van der Waals surface area contributed by atoms with Gasteiger partial charge >= 0.3 is 0 Å². The number of carbonyl (C=O) groups excluding carboxylic acids is 1. The molecule has 1 amide bonds. The summed E-state index contributed by atoms with van der Waals surface area (Å²) >= 11 is 0. The average Bonchev–Trinajstić information content (AvgIpc) is 2.59. The van der Waals surface area contributed by atoms with Gasteiger partial charge in [0.25, 0.3) is 0 Å². The molecular weight excluding hydrogens is 196 g/mol. The van der Waals surface area contributed by atoms with Crippen LogP contribution in [0.2, 0.25) is 0 Å². The zero-order valence-corrected chi connectivity index (χ0v) is 8.77. The molecule has 0 unspecified atom stereocenters. The van der Waals surface area contributed by atoms with Crippen molar-refractivity contribution in [1.29, 1.82) is 0 Å². The Hall–Kier alpha value is -1.56. The number of nitrogens with one attached hydrogen (secondary N) is 1. The van der Waals surface area contributed by atoms with E-state index < -0.39 is 0 Å². The number of carbonyl (C=O) groups is 1. The van der Waals surface area contributed by atoms with Crippen LogP contribution in [-0.4, -0.2) is 35.7 Å². The third-order valence-corrected chi connectivity index (χ3v) is 1.83. The molecule has 0 fully saturated rings. The first kappa shape index (κ1) is 11.5. The predicted molar refractivity (Wildman–Crippen MR) is 56.1 cm³/mol. The monoisotopic (exact) mass is 212 g/mol. The molecule has 1 aromatic heterocycles. The highest BCUT2D eigenvalue weighted by atomic mass is 16.5. The Bertz CT molecular complexity index is 311. The number of nitrogens with zero attached hydrogens (tertiary/aromatic N) is 2. The summed E-state index contributed by atoms with van der Waals surface area (Å²) in [4.78, 5) is 15.2. The second-order valence-corrected chi connectivity index (χ2v) is 3.17. The van der Waals surface area contributed by atoms with Gasteiger partial charge in [0, 0.05) is 26.5 Å². The van der Waals surface area contributed by atoms with Crippen molar-refractivity contribution in [3.8, 4) is 0 Å². The van der Waals surface area contributed by atoms with Crippen molar-refractivity contribution in [2.75, 3.05) is 26.0 Å². The maximum absolute atomic E-state index is 11.3. The summed E-state index contributed by atoms with van der Waals surface area (Å²) in [6.45, 7) is 1.52. The normalized spacial score (nSPS) is 10.2. The molecule has 1 rings (SSSR count). The zero-order valence-electron chi connectivity index (χ0n) is 8.77. The molecule has 6 heteroatoms. The van der Waals surface area contributed by atoms with Crippen molar-refractivity contribution in [3.05, 3.63) is 12.5 Å². The van der Waals surface area contributed by atoms with E-state index in [1.54, 1.807) is 17.9 Å². The number of hydrogen-bond acceptors (Lipinski definition) is 4. The summed E-state index contributed by atoms with van der Waals surface area (Å²) in [6, 6.07) is 0. The van der Waals surface area contributed by atoms with Gasteiger partial charge in [0.15, 0.2) is 0 Å². The summed E-state index contributed by atoms with van der Waals surface area (Å²) in [7, 11) is 1.64. The maximum atomic E-state index is 11.3. The van der Waals surface area contributed by atoms with Gasteiger partial charge in [0.2, 0.25) is 5.91 Å². The van der Waals surface area contributed by atoms with E-state index in [1.807, 2.05) is 0 Å². The minimum atomic E-state index is -0.0523. The Balaban J connectivity index is 2.18. The van der Waals surface area contributed by atoms with E-state index in [2.05, 4.69) is 10.3 Å². The molecule has 0 aliphatic heterocycles. The fourth-order valence-corrected chi connectivity index (χ4v) is 1.13. The van der Waals surface area contributed by atoms with E-state index in [9.17, 15) is 4.79 Å². The Labute approximate surface area is 88.4 Å². The Morgan fingerprint density at radius 1 is 1.73 bits per heavy atom. The van der Waals surface area contributed by atoms with E-state index in [0.717, 1.165) is 6.42 Å². The lowest BCUT2D eigenvalue weighted by molar-refractivity contribution is -0.121. The number of nitrogens with two attached hydrogens (primary N) is 1. The predicted octanol–water partition coefficient (Wildman–Crippen LogP) is -0.382. The van der Waals surface area contributed by atoms with Gasteiger partial charge in [-0.05, 0) is 6.42 Å².